The number of ether oxygens (including phenoxy) is 1. The second-order valence-electron chi connectivity index (χ2n) is 6.34. The van der Waals surface area contributed by atoms with Gasteiger partial charge in [-0.3, -0.25) is 15.0 Å². The first-order valence-electron chi connectivity index (χ1n) is 8.34. The smallest absolute Gasteiger partial charge is 0.257 e. The number of benzene rings is 1. The topological polar surface area (TPSA) is 79.5 Å². The minimum absolute atomic E-state index is 0.0468. The molecule has 0 bridgehead atoms. The third-order valence-corrected chi connectivity index (χ3v) is 5.01. The van der Waals surface area contributed by atoms with Crippen molar-refractivity contribution in [3.05, 3.63) is 29.3 Å². The first kappa shape index (κ1) is 17.0. The lowest BCUT2D eigenvalue weighted by molar-refractivity contribution is -0.133. The predicted octanol–water partition coefficient (Wildman–Crippen LogP) is 1.64. The molecule has 1 aliphatic heterocycles. The van der Waals surface area contributed by atoms with E-state index < -0.39 is 0 Å². The first-order chi connectivity index (χ1) is 11.6. The molecule has 1 aromatic carbocycles. The Hall–Kier alpha value is -1.79. The molecule has 3 unspecified atom stereocenters. The third-order valence-electron chi connectivity index (χ3n) is 4.76. The Labute approximate surface area is 146 Å². The minimum Gasteiger partial charge on any atom is -0.484 e. The molecular weight excluding hydrogens is 330 g/mol. The van der Waals surface area contributed by atoms with Crippen LogP contribution in [-0.4, -0.2) is 31.0 Å². The van der Waals surface area contributed by atoms with E-state index in [2.05, 4.69) is 16.2 Å². The molecule has 3 N–H and O–H groups in total. The summed E-state index contributed by atoms with van der Waals surface area (Å²) < 4.78 is 5.43. The van der Waals surface area contributed by atoms with Gasteiger partial charge < -0.3 is 10.1 Å². The van der Waals surface area contributed by atoms with Gasteiger partial charge in [0.25, 0.3) is 5.91 Å². The van der Waals surface area contributed by atoms with Crippen LogP contribution < -0.4 is 20.9 Å². The van der Waals surface area contributed by atoms with Gasteiger partial charge in [0.1, 0.15) is 5.75 Å². The van der Waals surface area contributed by atoms with E-state index >= 15 is 0 Å². The Morgan fingerprint density at radius 2 is 2.00 bits per heavy atom. The van der Waals surface area contributed by atoms with Crippen LogP contribution in [0.5, 0.6) is 5.75 Å². The summed E-state index contributed by atoms with van der Waals surface area (Å²) >= 11 is 5.80. The molecule has 3 atom stereocenters. The Balaban J connectivity index is 1.45. The first-order valence-corrected chi connectivity index (χ1v) is 8.72. The number of halogens is 1. The minimum atomic E-state index is -0.184. The molecule has 7 heteroatoms. The summed E-state index contributed by atoms with van der Waals surface area (Å²) in [6.45, 7) is 0.430. The maximum absolute atomic E-state index is 12.0. The maximum Gasteiger partial charge on any atom is 0.257 e. The Kier molecular flexibility index (Phi) is 5.58. The summed E-state index contributed by atoms with van der Waals surface area (Å²) in [5.41, 5.74) is 5.77. The number of amides is 2. The van der Waals surface area contributed by atoms with Crippen molar-refractivity contribution >= 4 is 23.4 Å². The van der Waals surface area contributed by atoms with Crippen LogP contribution in [0.4, 0.5) is 0 Å². The van der Waals surface area contributed by atoms with E-state index in [0.29, 0.717) is 17.3 Å². The van der Waals surface area contributed by atoms with Crippen molar-refractivity contribution in [1.29, 1.82) is 0 Å². The Morgan fingerprint density at radius 1 is 1.25 bits per heavy atom. The van der Waals surface area contributed by atoms with Crippen LogP contribution in [0.2, 0.25) is 5.02 Å². The molecule has 1 heterocycles. The van der Waals surface area contributed by atoms with Crippen molar-refractivity contribution < 1.29 is 14.3 Å². The number of carbonyl (C=O) groups is 2. The highest BCUT2D eigenvalue weighted by molar-refractivity contribution is 6.30. The van der Waals surface area contributed by atoms with E-state index in [1.165, 1.54) is 0 Å². The highest BCUT2D eigenvalue weighted by Crippen LogP contribution is 2.34. The summed E-state index contributed by atoms with van der Waals surface area (Å²) in [6.07, 6.45) is 4.19. The number of rotatable bonds is 5. The molecule has 3 rings (SSSR count). The van der Waals surface area contributed by atoms with Crippen LogP contribution in [0.3, 0.4) is 0 Å². The van der Waals surface area contributed by atoms with E-state index in [1.54, 1.807) is 24.3 Å². The van der Waals surface area contributed by atoms with Crippen molar-refractivity contribution in [2.75, 3.05) is 13.2 Å². The Morgan fingerprint density at radius 3 is 2.79 bits per heavy atom. The fraction of sp³-hybridized carbons (Fsp3) is 0.529. The second kappa shape index (κ2) is 7.85. The zero-order valence-electron chi connectivity index (χ0n) is 13.4. The quantitative estimate of drug-likeness (QED) is 0.753. The van der Waals surface area contributed by atoms with E-state index in [-0.39, 0.29) is 36.3 Å². The van der Waals surface area contributed by atoms with Gasteiger partial charge in [0.15, 0.2) is 6.61 Å². The maximum atomic E-state index is 12.0. The van der Waals surface area contributed by atoms with Crippen LogP contribution in [0.15, 0.2) is 24.3 Å². The van der Waals surface area contributed by atoms with Crippen molar-refractivity contribution in [3.8, 4) is 5.75 Å². The fourth-order valence-corrected chi connectivity index (χ4v) is 3.61. The molecule has 0 radical (unpaired) electrons. The number of hydrogen-bond donors (Lipinski definition) is 3. The van der Waals surface area contributed by atoms with Crippen LogP contribution in [-0.2, 0) is 9.59 Å². The molecule has 1 saturated heterocycles. The van der Waals surface area contributed by atoms with Gasteiger partial charge in [-0.05, 0) is 43.0 Å². The fourth-order valence-electron chi connectivity index (χ4n) is 3.49. The predicted molar refractivity (Wildman–Crippen MR) is 90.5 cm³/mol. The summed E-state index contributed by atoms with van der Waals surface area (Å²) in [4.78, 5) is 23.9. The molecule has 1 aliphatic carbocycles. The zero-order valence-corrected chi connectivity index (χ0v) is 14.1. The van der Waals surface area contributed by atoms with Gasteiger partial charge in [0.05, 0.1) is 0 Å². The molecular formula is C17H22ClN3O3. The molecule has 0 aromatic heterocycles. The number of fused-ring (bicyclic) bond motifs is 1. The lowest BCUT2D eigenvalue weighted by atomic mass is 9.74. The molecule has 0 spiro atoms. The van der Waals surface area contributed by atoms with E-state index in [4.69, 9.17) is 16.3 Å². The molecule has 2 fully saturated rings. The standard InChI is InChI=1S/C17H22ClN3O3/c18-11-5-7-12(8-6-11)24-10-16(22)19-9-15-13-3-1-2-4-14(13)17(23)21-20-15/h5-8,13-15,20H,1-4,9-10H2,(H,19,22)(H,21,23). The largest absolute Gasteiger partial charge is 0.484 e. The average Bonchev–Trinajstić information content (AvgIpc) is 2.61. The van der Waals surface area contributed by atoms with Crippen LogP contribution in [0.25, 0.3) is 0 Å². The Bertz CT molecular complexity index is 593. The van der Waals surface area contributed by atoms with Crippen LogP contribution in [0, 0.1) is 11.8 Å². The lowest BCUT2D eigenvalue weighted by Gasteiger charge is -2.41. The third kappa shape index (κ3) is 4.19. The van der Waals surface area contributed by atoms with Gasteiger partial charge in [0, 0.05) is 23.5 Å². The highest BCUT2D eigenvalue weighted by Gasteiger charge is 2.39. The normalized spacial score (nSPS) is 26.2. The SMILES string of the molecule is O=C(COc1ccc(Cl)cc1)NCC1NNC(=O)C2CCCCC12. The summed E-state index contributed by atoms with van der Waals surface area (Å²) in [5.74, 6) is 0.839. The summed E-state index contributed by atoms with van der Waals surface area (Å²) in [6, 6.07) is 6.94. The second-order valence-corrected chi connectivity index (χ2v) is 6.78. The zero-order chi connectivity index (χ0) is 16.9. The van der Waals surface area contributed by atoms with Crippen molar-refractivity contribution in [2.24, 2.45) is 11.8 Å². The molecule has 6 nitrogen and oxygen atoms in total. The van der Waals surface area contributed by atoms with Gasteiger partial charge in [-0.25, -0.2) is 5.43 Å². The summed E-state index contributed by atoms with van der Waals surface area (Å²) in [7, 11) is 0. The van der Waals surface area contributed by atoms with E-state index in [0.717, 1.165) is 25.7 Å². The molecule has 2 aliphatic rings. The number of nitrogens with one attached hydrogen (secondary N) is 3. The van der Waals surface area contributed by atoms with Crippen molar-refractivity contribution in [2.45, 2.75) is 31.7 Å². The van der Waals surface area contributed by atoms with Gasteiger partial charge in [0.2, 0.25) is 5.91 Å². The van der Waals surface area contributed by atoms with Gasteiger partial charge in [-0.2, -0.15) is 0 Å². The molecule has 1 saturated carbocycles. The van der Waals surface area contributed by atoms with Gasteiger partial charge in [-0.1, -0.05) is 24.4 Å². The van der Waals surface area contributed by atoms with E-state index in [9.17, 15) is 9.59 Å². The molecule has 1 aromatic rings. The van der Waals surface area contributed by atoms with Crippen molar-refractivity contribution in [1.82, 2.24) is 16.2 Å². The molecule has 130 valence electrons. The van der Waals surface area contributed by atoms with Gasteiger partial charge in [-0.15, -0.1) is 0 Å². The van der Waals surface area contributed by atoms with Crippen LogP contribution >= 0.6 is 11.6 Å². The average molecular weight is 352 g/mol. The van der Waals surface area contributed by atoms with Crippen molar-refractivity contribution in [3.63, 3.8) is 0 Å². The number of carbonyl (C=O) groups excluding carboxylic acids is 2. The van der Waals surface area contributed by atoms with Crippen LogP contribution in [0.1, 0.15) is 25.7 Å². The molecule has 24 heavy (non-hydrogen) atoms. The number of hydrazine groups is 1. The molecule has 2 amide bonds. The van der Waals surface area contributed by atoms with Gasteiger partial charge >= 0.3 is 0 Å². The monoisotopic (exact) mass is 351 g/mol. The highest BCUT2D eigenvalue weighted by atomic mass is 35.5. The summed E-state index contributed by atoms with van der Waals surface area (Å²) in [5, 5.41) is 3.50. The van der Waals surface area contributed by atoms with E-state index in [1.807, 2.05) is 0 Å². The number of hydrogen-bond acceptors (Lipinski definition) is 4. The lowest BCUT2D eigenvalue weighted by Crippen LogP contribution is -2.62.